The molecule has 3 aromatic rings. The summed E-state index contributed by atoms with van der Waals surface area (Å²) in [7, 11) is 0. The molecular weight excluding hydrogens is 427 g/mol. The second kappa shape index (κ2) is 9.53. The van der Waals surface area contributed by atoms with Gasteiger partial charge in [0.25, 0.3) is 5.91 Å². The van der Waals surface area contributed by atoms with Gasteiger partial charge in [0.05, 0.1) is 5.92 Å². The van der Waals surface area contributed by atoms with E-state index in [0.717, 1.165) is 16.7 Å². The van der Waals surface area contributed by atoms with Crippen molar-refractivity contribution in [2.45, 2.75) is 19.4 Å². The molecule has 3 aromatic carbocycles. The Bertz CT molecular complexity index is 1120. The number of halogens is 2. The quantitative estimate of drug-likeness (QED) is 0.597. The van der Waals surface area contributed by atoms with Crippen LogP contribution in [0.5, 0.6) is 0 Å². The second-order valence-electron chi connectivity index (χ2n) is 8.13. The molecule has 0 bridgehead atoms. The summed E-state index contributed by atoms with van der Waals surface area (Å²) in [6.45, 7) is 3.12. The first-order valence-corrected chi connectivity index (χ1v) is 10.9. The largest absolute Gasteiger partial charge is 0.352 e. The Balaban J connectivity index is 1.55. The third kappa shape index (κ3) is 4.83. The number of aryl methyl sites for hydroxylation is 1. The van der Waals surface area contributed by atoms with E-state index >= 15 is 0 Å². The Morgan fingerprint density at radius 1 is 1.00 bits per heavy atom. The van der Waals surface area contributed by atoms with Gasteiger partial charge in [0, 0.05) is 36.1 Å². The van der Waals surface area contributed by atoms with Crippen LogP contribution in [0.2, 0.25) is 5.02 Å². The lowest BCUT2D eigenvalue weighted by Gasteiger charge is -2.20. The van der Waals surface area contributed by atoms with Crippen LogP contribution in [0.1, 0.15) is 33.0 Å². The van der Waals surface area contributed by atoms with Crippen LogP contribution >= 0.6 is 11.6 Å². The molecular formula is C26H24ClFN2O2. The molecule has 1 aliphatic heterocycles. The number of hydrogen-bond donors (Lipinski definition) is 1. The molecule has 1 N–H and O–H groups in total. The summed E-state index contributed by atoms with van der Waals surface area (Å²) in [5.74, 6) is -1.04. The molecule has 4 nitrogen and oxygen atoms in total. The van der Waals surface area contributed by atoms with Crippen LogP contribution in [0.4, 0.5) is 4.39 Å². The van der Waals surface area contributed by atoms with Crippen molar-refractivity contribution in [3.8, 4) is 0 Å². The molecule has 2 amide bonds. The molecule has 1 saturated heterocycles. The summed E-state index contributed by atoms with van der Waals surface area (Å²) in [6.07, 6.45) is 0. The summed E-state index contributed by atoms with van der Waals surface area (Å²) >= 11 is 5.96. The third-order valence-electron chi connectivity index (χ3n) is 6.00. The van der Waals surface area contributed by atoms with Gasteiger partial charge in [-0.1, -0.05) is 48.0 Å². The first kappa shape index (κ1) is 22.0. The molecule has 32 heavy (non-hydrogen) atoms. The summed E-state index contributed by atoms with van der Waals surface area (Å²) in [5.41, 5.74) is 3.53. The summed E-state index contributed by atoms with van der Waals surface area (Å²) < 4.78 is 13.2. The Morgan fingerprint density at radius 2 is 1.69 bits per heavy atom. The van der Waals surface area contributed by atoms with Crippen molar-refractivity contribution in [2.75, 3.05) is 13.1 Å². The van der Waals surface area contributed by atoms with E-state index in [1.165, 1.54) is 12.1 Å². The molecule has 6 heteroatoms. The van der Waals surface area contributed by atoms with Crippen LogP contribution in [0.15, 0.2) is 72.8 Å². The van der Waals surface area contributed by atoms with Crippen molar-refractivity contribution in [1.82, 2.24) is 10.2 Å². The first-order chi connectivity index (χ1) is 15.4. The Morgan fingerprint density at radius 3 is 2.38 bits per heavy atom. The molecule has 0 aromatic heterocycles. The van der Waals surface area contributed by atoms with Gasteiger partial charge in [-0.3, -0.25) is 9.59 Å². The first-order valence-electron chi connectivity index (χ1n) is 10.5. The fourth-order valence-electron chi connectivity index (χ4n) is 4.25. The van der Waals surface area contributed by atoms with Gasteiger partial charge >= 0.3 is 0 Å². The van der Waals surface area contributed by atoms with Gasteiger partial charge in [-0.25, -0.2) is 4.39 Å². The second-order valence-corrected chi connectivity index (χ2v) is 8.57. The Kier molecular flexibility index (Phi) is 6.56. The fourth-order valence-corrected chi connectivity index (χ4v) is 4.38. The minimum Gasteiger partial charge on any atom is -0.352 e. The van der Waals surface area contributed by atoms with Crippen LogP contribution in [0, 0.1) is 18.7 Å². The maximum absolute atomic E-state index is 13.2. The molecule has 0 radical (unpaired) electrons. The van der Waals surface area contributed by atoms with Gasteiger partial charge in [-0.15, -0.1) is 0 Å². The molecule has 0 spiro atoms. The molecule has 1 heterocycles. The zero-order valence-corrected chi connectivity index (χ0v) is 18.5. The van der Waals surface area contributed by atoms with Gasteiger partial charge in [-0.05, 0) is 60.0 Å². The monoisotopic (exact) mass is 450 g/mol. The van der Waals surface area contributed by atoms with E-state index in [4.69, 9.17) is 11.6 Å². The average molecular weight is 451 g/mol. The lowest BCUT2D eigenvalue weighted by Crippen LogP contribution is -2.35. The van der Waals surface area contributed by atoms with E-state index in [9.17, 15) is 14.0 Å². The van der Waals surface area contributed by atoms with Crippen LogP contribution in [-0.2, 0) is 11.3 Å². The number of hydrogen-bond acceptors (Lipinski definition) is 2. The molecule has 4 rings (SSSR count). The standard InChI is InChI=1S/C26H24ClFN2O2/c1-17-4-2-3-5-22(17)23-15-30(26(32)19-8-10-20(27)11-9-19)16-24(23)25(31)29-14-18-6-12-21(28)13-7-18/h2-13,23-24H,14-16H2,1H3,(H,29,31)/t23-,24-/m1/s1. The number of nitrogens with one attached hydrogen (secondary N) is 1. The molecule has 164 valence electrons. The molecule has 0 unspecified atom stereocenters. The topological polar surface area (TPSA) is 49.4 Å². The zero-order chi connectivity index (χ0) is 22.7. The minimum absolute atomic E-state index is 0.110. The van der Waals surface area contributed by atoms with E-state index in [1.807, 2.05) is 31.2 Å². The van der Waals surface area contributed by atoms with Crippen LogP contribution in [0.3, 0.4) is 0 Å². The molecule has 0 aliphatic carbocycles. The SMILES string of the molecule is Cc1ccccc1[C@H]1CN(C(=O)c2ccc(Cl)cc2)C[C@H]1C(=O)NCc1ccc(F)cc1. The number of amides is 2. The van der Waals surface area contributed by atoms with E-state index in [-0.39, 0.29) is 29.5 Å². The van der Waals surface area contributed by atoms with Crippen molar-refractivity contribution in [3.05, 3.63) is 106 Å². The predicted molar refractivity (Wildman–Crippen MR) is 123 cm³/mol. The zero-order valence-electron chi connectivity index (χ0n) is 17.7. The highest BCUT2D eigenvalue weighted by Crippen LogP contribution is 2.35. The number of carbonyl (C=O) groups is 2. The van der Waals surface area contributed by atoms with Crippen molar-refractivity contribution in [3.63, 3.8) is 0 Å². The van der Waals surface area contributed by atoms with Gasteiger partial charge in [-0.2, -0.15) is 0 Å². The predicted octanol–water partition coefficient (Wildman–Crippen LogP) is 4.96. The van der Waals surface area contributed by atoms with E-state index in [0.29, 0.717) is 30.2 Å². The van der Waals surface area contributed by atoms with Gasteiger partial charge in [0.1, 0.15) is 5.82 Å². The van der Waals surface area contributed by atoms with Crippen LogP contribution < -0.4 is 5.32 Å². The highest BCUT2D eigenvalue weighted by atomic mass is 35.5. The number of likely N-dealkylation sites (tertiary alicyclic amines) is 1. The number of benzene rings is 3. The van der Waals surface area contributed by atoms with E-state index in [2.05, 4.69) is 5.32 Å². The van der Waals surface area contributed by atoms with Crippen LogP contribution in [0.25, 0.3) is 0 Å². The van der Waals surface area contributed by atoms with E-state index < -0.39 is 0 Å². The van der Waals surface area contributed by atoms with Gasteiger partial charge in [0.15, 0.2) is 0 Å². The van der Waals surface area contributed by atoms with Crippen molar-refractivity contribution in [2.24, 2.45) is 5.92 Å². The van der Waals surface area contributed by atoms with E-state index in [1.54, 1.807) is 41.3 Å². The molecule has 2 atom stereocenters. The highest BCUT2D eigenvalue weighted by molar-refractivity contribution is 6.30. The molecule has 0 saturated carbocycles. The van der Waals surface area contributed by atoms with Crippen molar-refractivity contribution >= 4 is 23.4 Å². The maximum Gasteiger partial charge on any atom is 0.253 e. The highest BCUT2D eigenvalue weighted by Gasteiger charge is 2.41. The Hall–Kier alpha value is -3.18. The third-order valence-corrected chi connectivity index (χ3v) is 6.25. The minimum atomic E-state index is -0.382. The van der Waals surface area contributed by atoms with Gasteiger partial charge in [0.2, 0.25) is 5.91 Å². The number of rotatable bonds is 5. The summed E-state index contributed by atoms with van der Waals surface area (Å²) in [4.78, 5) is 28.0. The normalized spacial score (nSPS) is 17.9. The van der Waals surface area contributed by atoms with Crippen LogP contribution in [-0.4, -0.2) is 29.8 Å². The number of carbonyl (C=O) groups excluding carboxylic acids is 2. The fraction of sp³-hybridized carbons (Fsp3) is 0.231. The lowest BCUT2D eigenvalue weighted by molar-refractivity contribution is -0.125. The summed E-state index contributed by atoms with van der Waals surface area (Å²) in [5, 5.41) is 3.54. The Labute approximate surface area is 192 Å². The van der Waals surface area contributed by atoms with Crippen molar-refractivity contribution in [1.29, 1.82) is 0 Å². The number of nitrogens with zero attached hydrogens (tertiary/aromatic N) is 1. The smallest absolute Gasteiger partial charge is 0.253 e. The molecule has 1 aliphatic rings. The average Bonchev–Trinajstić information content (AvgIpc) is 3.24. The molecule has 1 fully saturated rings. The lowest BCUT2D eigenvalue weighted by atomic mass is 9.86. The summed E-state index contributed by atoms with van der Waals surface area (Å²) in [6, 6.07) is 20.8. The van der Waals surface area contributed by atoms with Gasteiger partial charge < -0.3 is 10.2 Å². The van der Waals surface area contributed by atoms with Crippen molar-refractivity contribution < 1.29 is 14.0 Å². The maximum atomic E-state index is 13.2.